The van der Waals surface area contributed by atoms with E-state index in [0.717, 1.165) is 98.3 Å². The predicted octanol–water partition coefficient (Wildman–Crippen LogP) is 5.65. The molecule has 0 radical (unpaired) electrons. The zero-order valence-corrected chi connectivity index (χ0v) is 26.1. The second kappa shape index (κ2) is 12.2. The Morgan fingerprint density at radius 2 is 1.44 bits per heavy atom. The smallest absolute Gasteiger partial charge is 0.319 e. The lowest BCUT2D eigenvalue weighted by atomic mass is 9.53. The number of hydrogen-bond acceptors (Lipinski definition) is 7. The number of aliphatic hydroxyl groups excluding tert-OH is 1. The van der Waals surface area contributed by atoms with Crippen molar-refractivity contribution in [2.24, 2.45) is 17.8 Å². The molecule has 2 amide bonds. The zero-order chi connectivity index (χ0) is 30.4. The number of carbonyl (C=O) groups is 1. The molecular formula is C36H47N3O6. The number of urea groups is 1. The number of likely N-dealkylation sites (tertiary alicyclic amines) is 1. The lowest BCUT2D eigenvalue weighted by Gasteiger charge is -2.56. The van der Waals surface area contributed by atoms with Gasteiger partial charge in [-0.2, -0.15) is 0 Å². The van der Waals surface area contributed by atoms with Crippen molar-refractivity contribution in [3.8, 4) is 0 Å². The first kappa shape index (κ1) is 29.8. The minimum absolute atomic E-state index is 0.0188. The van der Waals surface area contributed by atoms with E-state index in [1.807, 2.05) is 48.5 Å². The molecule has 7 fully saturated rings. The monoisotopic (exact) mass is 617 g/mol. The topological polar surface area (TPSA) is 102 Å². The molecule has 3 aliphatic heterocycles. The fourth-order valence-electron chi connectivity index (χ4n) is 9.57. The first-order chi connectivity index (χ1) is 21.9. The third kappa shape index (κ3) is 6.40. The van der Waals surface area contributed by atoms with E-state index in [1.165, 1.54) is 19.3 Å². The highest BCUT2D eigenvalue weighted by Gasteiger charge is 2.51. The number of hydrogen-bond donors (Lipinski definition) is 3. The highest BCUT2D eigenvalue weighted by atomic mass is 16.7. The summed E-state index contributed by atoms with van der Waals surface area (Å²) in [5, 5.41) is 16.0. The number of nitrogens with one attached hydrogen (secondary N) is 2. The molecule has 4 bridgehead atoms. The van der Waals surface area contributed by atoms with Crippen LogP contribution in [0.1, 0.15) is 86.9 Å². The molecule has 2 aromatic rings. The number of amides is 2. The Kier molecular flexibility index (Phi) is 8.12. The number of aliphatic hydroxyl groups is 1. The molecule has 3 atom stereocenters. The summed E-state index contributed by atoms with van der Waals surface area (Å²) in [6.07, 6.45) is 9.26. The van der Waals surface area contributed by atoms with Crippen LogP contribution in [0.2, 0.25) is 0 Å². The molecule has 0 unspecified atom stereocenters. The molecule has 9 heteroatoms. The van der Waals surface area contributed by atoms with Crippen molar-refractivity contribution in [1.82, 2.24) is 10.2 Å². The summed E-state index contributed by atoms with van der Waals surface area (Å²) in [6, 6.07) is 15.8. The van der Waals surface area contributed by atoms with Crippen molar-refractivity contribution in [3.63, 3.8) is 0 Å². The van der Waals surface area contributed by atoms with Crippen LogP contribution in [0, 0.1) is 17.8 Å². The predicted molar refractivity (Wildman–Crippen MR) is 168 cm³/mol. The average molecular weight is 618 g/mol. The lowest BCUT2D eigenvalue weighted by molar-refractivity contribution is -0.255. The molecule has 3 saturated heterocycles. The minimum atomic E-state index is -0.529. The van der Waals surface area contributed by atoms with Gasteiger partial charge in [-0.05, 0) is 79.5 Å². The van der Waals surface area contributed by atoms with Gasteiger partial charge < -0.3 is 39.6 Å². The summed E-state index contributed by atoms with van der Waals surface area (Å²) < 4.78 is 25.0. The van der Waals surface area contributed by atoms with E-state index in [2.05, 4.69) is 15.5 Å². The molecule has 4 saturated carbocycles. The normalized spacial score (nSPS) is 35.5. The number of benzene rings is 2. The maximum atomic E-state index is 13.1. The molecule has 2 aromatic carbocycles. The molecule has 45 heavy (non-hydrogen) atoms. The van der Waals surface area contributed by atoms with Crippen molar-refractivity contribution in [1.29, 1.82) is 0 Å². The Balaban J connectivity index is 0.927. The van der Waals surface area contributed by atoms with Gasteiger partial charge in [-0.3, -0.25) is 0 Å². The molecule has 3 heterocycles. The van der Waals surface area contributed by atoms with Crippen LogP contribution in [0.3, 0.4) is 0 Å². The van der Waals surface area contributed by atoms with E-state index in [1.54, 1.807) is 0 Å². The molecule has 242 valence electrons. The van der Waals surface area contributed by atoms with E-state index in [0.29, 0.717) is 13.2 Å². The molecule has 1 spiro atoms. The van der Waals surface area contributed by atoms with Crippen molar-refractivity contribution in [3.05, 3.63) is 65.2 Å². The average Bonchev–Trinajstić information content (AvgIpc) is 3.49. The highest BCUT2D eigenvalue weighted by molar-refractivity contribution is 5.89. The quantitative estimate of drug-likeness (QED) is 0.369. The number of piperidine rings is 1. The van der Waals surface area contributed by atoms with Crippen LogP contribution in [0.25, 0.3) is 0 Å². The molecule has 7 aliphatic rings. The van der Waals surface area contributed by atoms with Gasteiger partial charge >= 0.3 is 6.03 Å². The van der Waals surface area contributed by atoms with E-state index >= 15 is 0 Å². The maximum absolute atomic E-state index is 13.1. The summed E-state index contributed by atoms with van der Waals surface area (Å²) in [4.78, 5) is 15.6. The van der Waals surface area contributed by atoms with Crippen molar-refractivity contribution in [2.45, 2.75) is 94.2 Å². The van der Waals surface area contributed by atoms with Gasteiger partial charge in [-0.15, -0.1) is 0 Å². The van der Waals surface area contributed by atoms with E-state index in [9.17, 15) is 9.90 Å². The Morgan fingerprint density at radius 3 is 2.07 bits per heavy atom. The number of ether oxygens (including phenoxy) is 4. The van der Waals surface area contributed by atoms with Gasteiger partial charge in [0.15, 0.2) is 12.1 Å². The number of rotatable bonds is 7. The van der Waals surface area contributed by atoms with Crippen LogP contribution < -0.4 is 10.6 Å². The van der Waals surface area contributed by atoms with Crippen LogP contribution in [0.15, 0.2) is 48.5 Å². The largest absolute Gasteiger partial charge is 0.392 e. The maximum Gasteiger partial charge on any atom is 0.319 e. The van der Waals surface area contributed by atoms with Gasteiger partial charge in [0.2, 0.25) is 0 Å². The fourth-order valence-corrected chi connectivity index (χ4v) is 9.57. The third-order valence-electron chi connectivity index (χ3n) is 11.4. The number of anilines is 1. The van der Waals surface area contributed by atoms with Crippen molar-refractivity contribution in [2.75, 3.05) is 38.2 Å². The first-order valence-electron chi connectivity index (χ1n) is 17.1. The van der Waals surface area contributed by atoms with Gasteiger partial charge in [0.1, 0.15) is 0 Å². The van der Waals surface area contributed by atoms with E-state index in [4.69, 9.17) is 18.9 Å². The van der Waals surface area contributed by atoms with Crippen molar-refractivity contribution < 1.29 is 28.8 Å². The Hall–Kier alpha value is -2.53. The second-order valence-electron chi connectivity index (χ2n) is 14.7. The van der Waals surface area contributed by atoms with Crippen LogP contribution in [-0.2, 0) is 25.6 Å². The molecule has 9 rings (SSSR count). The summed E-state index contributed by atoms with van der Waals surface area (Å²) in [7, 11) is 0. The van der Waals surface area contributed by atoms with Crippen LogP contribution in [0.4, 0.5) is 10.5 Å². The van der Waals surface area contributed by atoms with E-state index < -0.39 is 12.1 Å². The Bertz CT molecular complexity index is 1300. The SMILES string of the molecule is O=C(Nc1ccc([C@H]2O[C@@H](CN3CCC4(CC3)OCCO4)C[C@@H](c3ccc(CO)cc3)O2)cc1)NC12CC3CC(CC(C3)C1)C2. The molecule has 4 aliphatic carbocycles. The third-order valence-corrected chi connectivity index (χ3v) is 11.4. The summed E-state index contributed by atoms with van der Waals surface area (Å²) in [6.45, 7) is 4.02. The zero-order valence-electron chi connectivity index (χ0n) is 26.1. The van der Waals surface area contributed by atoms with Gasteiger partial charge in [0, 0.05) is 55.7 Å². The molecule has 9 nitrogen and oxygen atoms in total. The summed E-state index contributed by atoms with van der Waals surface area (Å²) in [5.74, 6) is 1.96. The second-order valence-corrected chi connectivity index (χ2v) is 14.7. The minimum Gasteiger partial charge on any atom is -0.392 e. The first-order valence-corrected chi connectivity index (χ1v) is 17.1. The van der Waals surface area contributed by atoms with Gasteiger partial charge in [-0.25, -0.2) is 4.79 Å². The highest BCUT2D eigenvalue weighted by Crippen LogP contribution is 2.55. The fraction of sp³-hybridized carbons (Fsp3) is 0.639. The van der Waals surface area contributed by atoms with Crippen LogP contribution >= 0.6 is 0 Å². The van der Waals surface area contributed by atoms with Gasteiger partial charge in [0.25, 0.3) is 0 Å². The molecule has 3 N–H and O–H groups in total. The van der Waals surface area contributed by atoms with Gasteiger partial charge in [0.05, 0.1) is 32.0 Å². The van der Waals surface area contributed by atoms with Gasteiger partial charge in [-0.1, -0.05) is 36.4 Å². The van der Waals surface area contributed by atoms with E-state index in [-0.39, 0.29) is 30.4 Å². The van der Waals surface area contributed by atoms with Crippen LogP contribution in [-0.4, -0.2) is 66.3 Å². The van der Waals surface area contributed by atoms with Crippen molar-refractivity contribution >= 4 is 11.7 Å². The Morgan fingerprint density at radius 1 is 0.822 bits per heavy atom. The number of nitrogens with zero attached hydrogens (tertiary/aromatic N) is 1. The summed E-state index contributed by atoms with van der Waals surface area (Å²) >= 11 is 0. The number of carbonyl (C=O) groups excluding carboxylic acids is 1. The molecular weight excluding hydrogens is 570 g/mol. The summed E-state index contributed by atoms with van der Waals surface area (Å²) in [5.41, 5.74) is 3.63. The standard InChI is InChI=1S/C36H47N3O6/c40-23-24-1-3-28(4-2-24)32-18-31(22-39-11-9-36(10-12-39)42-13-14-43-36)44-33(45-32)29-5-7-30(8-6-29)37-34(41)38-35-19-25-15-26(20-35)17-27(16-25)21-35/h1-8,25-27,31-33,40H,9-23H2,(H2,37,38,41)/t25?,26?,27?,31-,32+,33+,35?/m1/s1. The van der Waals surface area contributed by atoms with Crippen LogP contribution in [0.5, 0.6) is 0 Å². The Labute approximate surface area is 265 Å². The molecule has 0 aromatic heterocycles. The lowest BCUT2D eigenvalue weighted by Crippen LogP contribution is -2.60.